The van der Waals surface area contributed by atoms with Gasteiger partial charge in [-0.1, -0.05) is 6.92 Å². The molecule has 0 aliphatic rings. The highest BCUT2D eigenvalue weighted by molar-refractivity contribution is 8.00. The van der Waals surface area contributed by atoms with Crippen LogP contribution in [-0.4, -0.2) is 19.3 Å². The summed E-state index contributed by atoms with van der Waals surface area (Å²) in [7, 11) is 0. The molecule has 19 heavy (non-hydrogen) atoms. The fourth-order valence-corrected chi connectivity index (χ4v) is 2.79. The molecule has 10 heteroatoms. The van der Waals surface area contributed by atoms with E-state index in [0.29, 0.717) is 16.6 Å². The smallest absolute Gasteiger partial charge is 0.384 e. The predicted molar refractivity (Wildman–Crippen MR) is 64.9 cm³/mol. The number of halogens is 3. The van der Waals surface area contributed by atoms with E-state index in [1.807, 2.05) is 6.92 Å². The number of nitrogens with two attached hydrogens (primary N) is 1. The number of nitrogens with zero attached hydrogens (tertiary/aromatic N) is 4. The first-order chi connectivity index (χ1) is 8.88. The van der Waals surface area contributed by atoms with Crippen LogP contribution in [0.15, 0.2) is 15.4 Å². The van der Waals surface area contributed by atoms with E-state index < -0.39 is 12.0 Å². The highest BCUT2D eigenvalue weighted by Crippen LogP contribution is 2.32. The van der Waals surface area contributed by atoms with Gasteiger partial charge in [0.1, 0.15) is 16.7 Å². The minimum absolute atomic E-state index is 0.0960. The summed E-state index contributed by atoms with van der Waals surface area (Å²) in [6.45, 7) is 1.89. The number of rotatable bonds is 3. The van der Waals surface area contributed by atoms with Gasteiger partial charge >= 0.3 is 6.18 Å². The summed E-state index contributed by atoms with van der Waals surface area (Å²) >= 11 is 2.09. The maximum absolute atomic E-state index is 12.5. The Morgan fingerprint density at radius 3 is 2.63 bits per heavy atom. The monoisotopic (exact) mass is 307 g/mol. The zero-order valence-electron chi connectivity index (χ0n) is 9.60. The maximum atomic E-state index is 12.5. The Kier molecular flexibility index (Phi) is 3.90. The molecule has 0 radical (unpaired) electrons. The van der Waals surface area contributed by atoms with E-state index in [-0.39, 0.29) is 10.8 Å². The summed E-state index contributed by atoms with van der Waals surface area (Å²) in [4.78, 5) is 10.7. The first kappa shape index (κ1) is 14.0. The van der Waals surface area contributed by atoms with Crippen molar-refractivity contribution in [2.24, 2.45) is 0 Å². The van der Waals surface area contributed by atoms with Gasteiger partial charge < -0.3 is 5.73 Å². The first-order valence-corrected chi connectivity index (χ1v) is 6.69. The number of aryl methyl sites for hydroxylation is 1. The quantitative estimate of drug-likeness (QED) is 0.878. The van der Waals surface area contributed by atoms with Crippen molar-refractivity contribution in [1.29, 1.82) is 0 Å². The number of nitrogen functional groups attached to an aromatic ring is 1. The second-order valence-electron chi connectivity index (χ2n) is 3.38. The van der Waals surface area contributed by atoms with Gasteiger partial charge in [-0.05, 0) is 23.3 Å². The molecule has 0 aliphatic heterocycles. The van der Waals surface area contributed by atoms with E-state index >= 15 is 0 Å². The van der Waals surface area contributed by atoms with E-state index in [1.165, 1.54) is 6.07 Å². The molecule has 2 rings (SSSR count). The third-order valence-electron chi connectivity index (χ3n) is 1.93. The molecular formula is C9H8F3N5S2. The fraction of sp³-hybridized carbons (Fsp3) is 0.333. The van der Waals surface area contributed by atoms with Crippen LogP contribution in [0.2, 0.25) is 0 Å². The maximum Gasteiger partial charge on any atom is 0.451 e. The van der Waals surface area contributed by atoms with Gasteiger partial charge in [-0.15, -0.1) is 0 Å². The van der Waals surface area contributed by atoms with Crippen LogP contribution >= 0.6 is 23.3 Å². The molecule has 2 aromatic heterocycles. The van der Waals surface area contributed by atoms with Gasteiger partial charge in [-0.25, -0.2) is 15.0 Å². The zero-order chi connectivity index (χ0) is 14.0. The van der Waals surface area contributed by atoms with Gasteiger partial charge in [0.2, 0.25) is 5.82 Å². The summed E-state index contributed by atoms with van der Waals surface area (Å²) in [6.07, 6.45) is -3.96. The van der Waals surface area contributed by atoms with E-state index in [2.05, 4.69) is 19.3 Å². The molecule has 5 nitrogen and oxygen atoms in total. The summed E-state index contributed by atoms with van der Waals surface area (Å²) in [5, 5.41) is 0.0960. The summed E-state index contributed by atoms with van der Waals surface area (Å²) < 4.78 is 42.1. The average molecular weight is 307 g/mol. The lowest BCUT2D eigenvalue weighted by molar-refractivity contribution is -0.145. The lowest BCUT2D eigenvalue weighted by Crippen LogP contribution is -2.12. The van der Waals surface area contributed by atoms with E-state index in [4.69, 9.17) is 5.73 Å². The average Bonchev–Trinajstić information content (AvgIpc) is 2.75. The molecular weight excluding hydrogens is 299 g/mol. The molecule has 0 saturated heterocycles. The number of aromatic nitrogens is 4. The van der Waals surface area contributed by atoms with Crippen molar-refractivity contribution in [3.8, 4) is 0 Å². The highest BCUT2D eigenvalue weighted by Gasteiger charge is 2.35. The van der Waals surface area contributed by atoms with Crippen molar-refractivity contribution in [2.75, 3.05) is 5.73 Å². The molecule has 0 spiro atoms. The number of hydrogen-bond donors (Lipinski definition) is 1. The van der Waals surface area contributed by atoms with Crippen LogP contribution in [0.3, 0.4) is 0 Å². The van der Waals surface area contributed by atoms with Gasteiger partial charge in [0, 0.05) is 12.5 Å². The van der Waals surface area contributed by atoms with Crippen LogP contribution in [0.4, 0.5) is 19.0 Å². The Bertz CT molecular complexity index is 583. The molecule has 102 valence electrons. The molecule has 0 bridgehead atoms. The van der Waals surface area contributed by atoms with Gasteiger partial charge in [0.25, 0.3) is 0 Å². The minimum atomic E-state index is -4.62. The molecule has 2 N–H and O–H groups in total. The third kappa shape index (κ3) is 3.53. The van der Waals surface area contributed by atoms with Crippen LogP contribution in [0.25, 0.3) is 0 Å². The van der Waals surface area contributed by atoms with Crippen LogP contribution in [-0.2, 0) is 12.6 Å². The van der Waals surface area contributed by atoms with Crippen LogP contribution in [0.1, 0.15) is 18.6 Å². The van der Waals surface area contributed by atoms with Crippen LogP contribution in [0, 0.1) is 0 Å². The third-order valence-corrected chi connectivity index (χ3v) is 3.64. The molecule has 0 atom stereocenters. The molecule has 0 saturated carbocycles. The Morgan fingerprint density at radius 1 is 1.32 bits per heavy atom. The summed E-state index contributed by atoms with van der Waals surface area (Å²) in [5.74, 6) is -0.842. The second-order valence-corrected chi connectivity index (χ2v) is 5.40. The van der Waals surface area contributed by atoms with Crippen molar-refractivity contribution < 1.29 is 13.2 Å². The molecule has 0 amide bonds. The van der Waals surface area contributed by atoms with Gasteiger partial charge in [-0.2, -0.15) is 17.5 Å². The Balaban J connectivity index is 2.27. The second kappa shape index (κ2) is 5.29. The molecule has 0 aromatic carbocycles. The van der Waals surface area contributed by atoms with Crippen molar-refractivity contribution in [1.82, 2.24) is 19.3 Å². The molecule has 2 aromatic rings. The molecule has 0 aliphatic carbocycles. The largest absolute Gasteiger partial charge is 0.451 e. The molecule has 0 unspecified atom stereocenters. The van der Waals surface area contributed by atoms with Crippen LogP contribution < -0.4 is 5.73 Å². The van der Waals surface area contributed by atoms with Crippen molar-refractivity contribution in [2.45, 2.75) is 28.9 Å². The first-order valence-electron chi connectivity index (χ1n) is 5.10. The molecule has 2 heterocycles. The number of alkyl halides is 3. The van der Waals surface area contributed by atoms with E-state index in [1.54, 1.807) is 0 Å². The van der Waals surface area contributed by atoms with Gasteiger partial charge in [0.05, 0.1) is 0 Å². The summed E-state index contributed by atoms with van der Waals surface area (Å²) in [6, 6.07) is 1.27. The Hall–Kier alpha value is -1.42. The predicted octanol–water partition coefficient (Wildman–Crippen LogP) is 2.64. The minimum Gasteiger partial charge on any atom is -0.384 e. The van der Waals surface area contributed by atoms with Gasteiger partial charge in [-0.3, -0.25) is 0 Å². The van der Waals surface area contributed by atoms with Crippen molar-refractivity contribution in [3.63, 3.8) is 0 Å². The normalized spacial score (nSPS) is 11.8. The SMILES string of the molecule is CCc1nsc(Sc2cc(N)nc(C(F)(F)F)n2)n1. The highest BCUT2D eigenvalue weighted by atomic mass is 32.2. The zero-order valence-corrected chi connectivity index (χ0v) is 11.2. The lowest BCUT2D eigenvalue weighted by Gasteiger charge is -2.06. The van der Waals surface area contributed by atoms with Crippen LogP contribution in [0.5, 0.6) is 0 Å². The Morgan fingerprint density at radius 2 is 2.05 bits per heavy atom. The van der Waals surface area contributed by atoms with Crippen molar-refractivity contribution in [3.05, 3.63) is 17.7 Å². The topological polar surface area (TPSA) is 77.6 Å². The number of anilines is 1. The molecule has 0 fully saturated rings. The lowest BCUT2D eigenvalue weighted by atomic mass is 10.5. The van der Waals surface area contributed by atoms with Gasteiger partial charge in [0.15, 0.2) is 4.34 Å². The van der Waals surface area contributed by atoms with E-state index in [9.17, 15) is 13.2 Å². The van der Waals surface area contributed by atoms with E-state index in [0.717, 1.165) is 23.3 Å². The standard InChI is InChI=1S/C9H8F3N5S2/c1-2-5-15-8(19-17-5)18-6-3-4(13)14-7(16-6)9(10,11)12/h3H,2H2,1H3,(H2,13,14,16). The number of hydrogen-bond acceptors (Lipinski definition) is 7. The fourth-order valence-electron chi connectivity index (χ4n) is 1.13. The summed E-state index contributed by atoms with van der Waals surface area (Å²) in [5.41, 5.74) is 5.34. The van der Waals surface area contributed by atoms with Crippen molar-refractivity contribution >= 4 is 29.1 Å². The Labute approximate surface area is 114 Å².